The van der Waals surface area contributed by atoms with Crippen LogP contribution in [-0.2, 0) is 43.2 Å². The second-order valence-electron chi connectivity index (χ2n) is 18.3. The second kappa shape index (κ2) is 16.6. The number of thiazole rings is 1. The number of cyclic esters (lactones) is 1. The maximum Gasteiger partial charge on any atom is 0.324 e. The lowest BCUT2D eigenvalue weighted by Gasteiger charge is -2.39. The fourth-order valence-electron chi connectivity index (χ4n) is 9.31. The minimum absolute atomic E-state index is 0.122. The Labute approximate surface area is 361 Å². The topological polar surface area (TPSA) is 134 Å². The largest absolute Gasteiger partial charge is 0.464 e. The maximum atomic E-state index is 14.5. The van der Waals surface area contributed by atoms with Gasteiger partial charge < -0.3 is 29.2 Å². The summed E-state index contributed by atoms with van der Waals surface area (Å²) < 4.78 is 14.5. The van der Waals surface area contributed by atoms with Gasteiger partial charge in [-0.1, -0.05) is 33.8 Å². The van der Waals surface area contributed by atoms with Crippen molar-refractivity contribution in [2.24, 2.45) is 23.2 Å². The fourth-order valence-corrected chi connectivity index (χ4v) is 10.8. The number of aromatic nitrogens is 3. The molecular weight excluding hydrogens is 793 g/mol. The van der Waals surface area contributed by atoms with Gasteiger partial charge in [0.1, 0.15) is 11.2 Å². The summed E-state index contributed by atoms with van der Waals surface area (Å²) in [6.07, 6.45) is 3.58. The molecule has 1 saturated carbocycles. The van der Waals surface area contributed by atoms with Crippen molar-refractivity contribution in [3.05, 3.63) is 52.1 Å². The average molecular weight is 852 g/mol. The highest BCUT2D eigenvalue weighted by Crippen LogP contribution is 2.46. The predicted molar refractivity (Wildman–Crippen MR) is 236 cm³/mol. The molecule has 6 bridgehead atoms. The Morgan fingerprint density at radius 3 is 2.57 bits per heavy atom. The number of pyridine rings is 1. The number of nitrogens with one attached hydrogen (secondary N) is 2. The third-order valence-electron chi connectivity index (χ3n) is 13.3. The van der Waals surface area contributed by atoms with Gasteiger partial charge in [0, 0.05) is 91.5 Å². The molecule has 3 radical (unpaired) electrons. The summed E-state index contributed by atoms with van der Waals surface area (Å²) >= 11 is 1.46. The van der Waals surface area contributed by atoms with Gasteiger partial charge in [-0.25, -0.2) is 10.4 Å². The molecule has 8 rings (SSSR count). The van der Waals surface area contributed by atoms with Gasteiger partial charge in [-0.05, 0) is 75.8 Å². The van der Waals surface area contributed by atoms with Crippen molar-refractivity contribution in [2.75, 3.05) is 58.4 Å². The van der Waals surface area contributed by atoms with Crippen LogP contribution >= 0.6 is 11.3 Å². The van der Waals surface area contributed by atoms with Gasteiger partial charge in [0.25, 0.3) is 5.91 Å². The van der Waals surface area contributed by atoms with Crippen molar-refractivity contribution in [1.29, 1.82) is 0 Å². The van der Waals surface area contributed by atoms with Crippen molar-refractivity contribution >= 4 is 56.0 Å². The third-order valence-corrected chi connectivity index (χ3v) is 14.7. The average Bonchev–Trinajstić information content (AvgIpc) is 3.50. The summed E-state index contributed by atoms with van der Waals surface area (Å²) in [7, 11) is 7.70. The molecule has 4 aliphatic rings. The number of amides is 2. The molecule has 0 spiro atoms. The van der Waals surface area contributed by atoms with E-state index in [0.717, 1.165) is 83.1 Å². The third kappa shape index (κ3) is 8.15. The minimum atomic E-state index is -1.49. The van der Waals surface area contributed by atoms with Gasteiger partial charge in [0.05, 0.1) is 56.9 Å². The van der Waals surface area contributed by atoms with E-state index in [4.69, 9.17) is 19.4 Å². The van der Waals surface area contributed by atoms with E-state index in [1.54, 1.807) is 7.11 Å². The van der Waals surface area contributed by atoms with Gasteiger partial charge in [-0.3, -0.25) is 24.4 Å². The zero-order valence-corrected chi connectivity index (χ0v) is 38.1. The SMILES string of the molecule is CCn1c(-c2cc(N3CCN(C)CC3)cnc2[C@H](C)OC)c2c3cc(ccc31)-c1csc(n1)C[C@]([Si])(NC(=O)C1[C@@H](C)[C@H]1C)C(=O)N1CCC[C@H](N1)C(=O)OCC(C)(C)C2. The number of benzene rings is 1. The van der Waals surface area contributed by atoms with Gasteiger partial charge in [-0.15, -0.1) is 11.3 Å². The Kier molecular flexibility index (Phi) is 11.8. The first-order valence-electron chi connectivity index (χ1n) is 21.5. The molecule has 6 heterocycles. The van der Waals surface area contributed by atoms with Gasteiger partial charge in [0.15, 0.2) is 0 Å². The van der Waals surface area contributed by atoms with Crippen LogP contribution in [0.2, 0.25) is 0 Å². The highest BCUT2D eigenvalue weighted by molar-refractivity contribution is 7.10. The lowest BCUT2D eigenvalue weighted by Crippen LogP contribution is -2.67. The zero-order valence-electron chi connectivity index (χ0n) is 36.3. The number of carbonyl (C=O) groups excluding carboxylic acids is 3. The number of esters is 1. The van der Waals surface area contributed by atoms with E-state index in [-0.39, 0.29) is 48.7 Å². The van der Waals surface area contributed by atoms with E-state index in [2.05, 4.69) is 101 Å². The van der Waals surface area contributed by atoms with Crippen molar-refractivity contribution in [3.8, 4) is 22.5 Å². The molecule has 13 nitrogen and oxygen atoms in total. The summed E-state index contributed by atoms with van der Waals surface area (Å²) in [6.45, 7) is 17.7. The van der Waals surface area contributed by atoms with Crippen LogP contribution in [0.5, 0.6) is 0 Å². The lowest BCUT2D eigenvalue weighted by atomic mass is 9.84. The highest BCUT2D eigenvalue weighted by Gasteiger charge is 2.51. The van der Waals surface area contributed by atoms with Crippen molar-refractivity contribution in [3.63, 3.8) is 0 Å². The van der Waals surface area contributed by atoms with Crippen LogP contribution in [0, 0.1) is 23.2 Å². The minimum Gasteiger partial charge on any atom is -0.464 e. The van der Waals surface area contributed by atoms with Crippen molar-refractivity contribution in [1.82, 2.24) is 35.2 Å². The van der Waals surface area contributed by atoms with Crippen molar-refractivity contribution < 1.29 is 23.9 Å². The molecule has 2 amide bonds. The summed E-state index contributed by atoms with van der Waals surface area (Å²) in [5.41, 5.74) is 10.7. The quantitative estimate of drug-likeness (QED) is 0.185. The van der Waals surface area contributed by atoms with E-state index in [1.165, 1.54) is 16.3 Å². The standard InChI is InChI=1S/C45H59N8O5SSi/c1-9-52-36-13-12-29-19-31(36)33(40(52)32-20-30(23-46-39(32)28(4)57-8)51-17-15-50(7)16-18-51)21-44(5,6)25-58-42(55)34-11-10-14-53(49-34)43(56)45(60,22-37-47-35(29)24-59-37)48-41(54)38-26(2)27(38)3/h12-13,19-20,23-24,26-28,34,38,49H,9-11,14-18,21-22,25H2,1-8H3,(H,48,54)/t26-,27+,28-,34-,38?,45+/m0/s1. The predicted octanol–water partition coefficient (Wildman–Crippen LogP) is 5.35. The number of nitrogens with zero attached hydrogens (tertiary/aromatic N) is 6. The van der Waals surface area contributed by atoms with E-state index in [1.807, 2.05) is 18.5 Å². The maximum absolute atomic E-state index is 14.5. The van der Waals surface area contributed by atoms with Crippen LogP contribution in [-0.4, -0.2) is 117 Å². The normalized spacial score (nSPS) is 26.8. The zero-order chi connectivity index (χ0) is 42.7. The van der Waals surface area contributed by atoms with E-state index in [9.17, 15) is 14.4 Å². The van der Waals surface area contributed by atoms with E-state index < -0.39 is 22.6 Å². The fraction of sp³-hybridized carbons (Fsp3) is 0.578. The van der Waals surface area contributed by atoms with Crippen LogP contribution in [0.25, 0.3) is 33.4 Å². The molecule has 3 aromatic heterocycles. The van der Waals surface area contributed by atoms with Crippen LogP contribution in [0.1, 0.15) is 76.8 Å². The van der Waals surface area contributed by atoms with Gasteiger partial charge in [-0.2, -0.15) is 0 Å². The molecule has 3 fully saturated rings. The number of rotatable bonds is 7. The number of hydrogen-bond acceptors (Lipinski definition) is 11. The Bertz CT molecular complexity index is 2280. The Morgan fingerprint density at radius 2 is 1.87 bits per heavy atom. The highest BCUT2D eigenvalue weighted by atomic mass is 32.1. The number of fused-ring (bicyclic) bond motifs is 6. The molecule has 6 atom stereocenters. The molecule has 1 aliphatic carbocycles. The number of methoxy groups -OCH3 is 1. The Morgan fingerprint density at radius 1 is 1.12 bits per heavy atom. The number of anilines is 1. The Balaban J connectivity index is 1.27. The van der Waals surface area contributed by atoms with Crippen LogP contribution in [0.15, 0.2) is 35.8 Å². The number of hydrazine groups is 1. The molecule has 3 aliphatic heterocycles. The van der Waals surface area contributed by atoms with Gasteiger partial charge >= 0.3 is 5.97 Å². The Hall–Kier alpha value is -4.15. The number of aryl methyl sites for hydroxylation is 1. The second-order valence-corrected chi connectivity index (χ2v) is 20.1. The number of piperazine rings is 1. The summed E-state index contributed by atoms with van der Waals surface area (Å²) in [6, 6.07) is 8.10. The van der Waals surface area contributed by atoms with Crippen LogP contribution in [0.4, 0.5) is 5.69 Å². The first-order chi connectivity index (χ1) is 28.6. The van der Waals surface area contributed by atoms with Crippen LogP contribution in [0.3, 0.4) is 0 Å². The molecule has 60 heavy (non-hydrogen) atoms. The monoisotopic (exact) mass is 851 g/mol. The van der Waals surface area contributed by atoms with E-state index >= 15 is 0 Å². The number of likely N-dealkylation sites (N-methyl/N-ethyl adjacent to an activating group) is 1. The smallest absolute Gasteiger partial charge is 0.324 e. The molecule has 2 saturated heterocycles. The van der Waals surface area contributed by atoms with E-state index in [0.29, 0.717) is 30.8 Å². The molecular formula is C45H59N8O5SSi. The van der Waals surface area contributed by atoms with Gasteiger partial charge in [0.2, 0.25) is 5.91 Å². The molecule has 2 N–H and O–H groups in total. The molecule has 15 heteroatoms. The first-order valence-corrected chi connectivity index (χ1v) is 22.9. The summed E-state index contributed by atoms with van der Waals surface area (Å²) in [4.78, 5) is 57.0. The summed E-state index contributed by atoms with van der Waals surface area (Å²) in [5, 5.41) is 6.86. The molecule has 319 valence electrons. The molecule has 1 unspecified atom stereocenters. The first kappa shape index (κ1) is 42.5. The van der Waals surface area contributed by atoms with Crippen molar-refractivity contribution in [2.45, 2.75) is 91.1 Å². The molecule has 4 aromatic rings. The number of ether oxygens (including phenoxy) is 2. The van der Waals surface area contributed by atoms with Crippen LogP contribution < -0.4 is 15.6 Å². The summed E-state index contributed by atoms with van der Waals surface area (Å²) in [5.74, 6) is -0.674. The number of hydrogen-bond donors (Lipinski definition) is 2. The molecule has 1 aromatic carbocycles. The lowest BCUT2D eigenvalue weighted by molar-refractivity contribution is -0.156. The number of carbonyl (C=O) groups is 3.